The number of hydrogen-bond donors (Lipinski definition) is 2. The van der Waals surface area contributed by atoms with Gasteiger partial charge in [0.25, 0.3) is 5.91 Å². The van der Waals surface area contributed by atoms with E-state index in [0.717, 1.165) is 17.7 Å². The highest BCUT2D eigenvalue weighted by atomic mass is 16.1. The third-order valence-corrected chi connectivity index (χ3v) is 3.05. The molecule has 2 rings (SSSR count). The summed E-state index contributed by atoms with van der Waals surface area (Å²) in [6, 6.07) is 7.70. The fourth-order valence-electron chi connectivity index (χ4n) is 1.95. The molecule has 0 fully saturated rings. The highest BCUT2D eigenvalue weighted by molar-refractivity contribution is 5.92. The van der Waals surface area contributed by atoms with E-state index >= 15 is 0 Å². The molecule has 5 nitrogen and oxygen atoms in total. The molecule has 0 spiro atoms. The first kappa shape index (κ1) is 15.0. The molecule has 0 unspecified atom stereocenters. The van der Waals surface area contributed by atoms with Crippen molar-refractivity contribution in [2.24, 2.45) is 0 Å². The summed E-state index contributed by atoms with van der Waals surface area (Å²) in [6.45, 7) is 6.72. The van der Waals surface area contributed by atoms with E-state index in [1.54, 1.807) is 12.3 Å². The average molecular weight is 284 g/mol. The van der Waals surface area contributed by atoms with Crippen LogP contribution in [0.15, 0.2) is 30.5 Å². The molecule has 0 bridgehead atoms. The zero-order valence-corrected chi connectivity index (χ0v) is 12.6. The van der Waals surface area contributed by atoms with Crippen molar-refractivity contribution in [1.82, 2.24) is 15.3 Å². The maximum Gasteiger partial charge on any atom is 0.270 e. The van der Waals surface area contributed by atoms with Gasteiger partial charge >= 0.3 is 0 Å². The molecule has 5 heteroatoms. The molecule has 0 atom stereocenters. The number of carbonyl (C=O) groups is 1. The molecule has 110 valence electrons. The lowest BCUT2D eigenvalue weighted by Gasteiger charge is -2.09. The van der Waals surface area contributed by atoms with Crippen LogP contribution in [0, 0.1) is 13.8 Å². The topological polar surface area (TPSA) is 66.9 Å². The second kappa shape index (κ2) is 6.83. The molecule has 0 aliphatic rings. The number of rotatable bonds is 5. The second-order valence-electron chi connectivity index (χ2n) is 4.96. The maximum atomic E-state index is 11.9. The summed E-state index contributed by atoms with van der Waals surface area (Å²) in [5.74, 6) is 0.244. The summed E-state index contributed by atoms with van der Waals surface area (Å²) < 4.78 is 0. The van der Waals surface area contributed by atoms with Crippen LogP contribution < -0.4 is 10.6 Å². The normalized spacial score (nSPS) is 10.2. The van der Waals surface area contributed by atoms with Gasteiger partial charge < -0.3 is 10.6 Å². The lowest BCUT2D eigenvalue weighted by Crippen LogP contribution is -2.25. The van der Waals surface area contributed by atoms with Crippen LogP contribution in [0.5, 0.6) is 0 Å². The molecule has 1 aromatic heterocycles. The quantitative estimate of drug-likeness (QED) is 0.885. The lowest BCUT2D eigenvalue weighted by molar-refractivity contribution is 0.0948. The van der Waals surface area contributed by atoms with Crippen LogP contribution in [0.25, 0.3) is 0 Å². The molecular weight excluding hydrogens is 264 g/mol. The standard InChI is InChI=1S/C16H20N4O/c1-4-8-17-15(21)14-7-9-18-16(20-14)19-13-6-5-11(2)10-12(13)3/h5-7,9-10H,4,8H2,1-3H3,(H,17,21)(H,18,19,20). The molecule has 1 amide bonds. The Hall–Kier alpha value is -2.43. The van der Waals surface area contributed by atoms with Crippen LogP contribution in [0.2, 0.25) is 0 Å². The van der Waals surface area contributed by atoms with Crippen molar-refractivity contribution in [2.75, 3.05) is 11.9 Å². The molecule has 0 saturated carbocycles. The van der Waals surface area contributed by atoms with E-state index in [0.29, 0.717) is 18.2 Å². The second-order valence-corrected chi connectivity index (χ2v) is 4.96. The van der Waals surface area contributed by atoms with E-state index < -0.39 is 0 Å². The Morgan fingerprint density at radius 1 is 1.24 bits per heavy atom. The van der Waals surface area contributed by atoms with Gasteiger partial charge in [-0.3, -0.25) is 4.79 Å². The summed E-state index contributed by atoms with van der Waals surface area (Å²) in [4.78, 5) is 20.3. The zero-order chi connectivity index (χ0) is 15.2. The molecular formula is C16H20N4O. The smallest absolute Gasteiger partial charge is 0.270 e. The number of nitrogens with one attached hydrogen (secondary N) is 2. The Morgan fingerprint density at radius 3 is 2.76 bits per heavy atom. The highest BCUT2D eigenvalue weighted by Crippen LogP contribution is 2.19. The minimum atomic E-state index is -0.178. The molecule has 21 heavy (non-hydrogen) atoms. The first-order chi connectivity index (χ1) is 10.1. The molecule has 1 heterocycles. The molecule has 2 N–H and O–H groups in total. The van der Waals surface area contributed by atoms with E-state index in [9.17, 15) is 4.79 Å². The number of hydrogen-bond acceptors (Lipinski definition) is 4. The SMILES string of the molecule is CCCNC(=O)c1ccnc(Nc2ccc(C)cc2C)n1. The number of carbonyl (C=O) groups excluding carboxylic acids is 1. The number of amides is 1. The molecule has 1 aromatic carbocycles. The average Bonchev–Trinajstić information content (AvgIpc) is 2.48. The van der Waals surface area contributed by atoms with E-state index in [1.165, 1.54) is 5.56 Å². The summed E-state index contributed by atoms with van der Waals surface area (Å²) >= 11 is 0. The van der Waals surface area contributed by atoms with Crippen LogP contribution in [-0.2, 0) is 0 Å². The van der Waals surface area contributed by atoms with Crippen molar-refractivity contribution in [2.45, 2.75) is 27.2 Å². The van der Waals surface area contributed by atoms with E-state index in [-0.39, 0.29) is 5.91 Å². The van der Waals surface area contributed by atoms with Crippen molar-refractivity contribution in [3.05, 3.63) is 47.3 Å². The van der Waals surface area contributed by atoms with Crippen LogP contribution in [0.4, 0.5) is 11.6 Å². The molecule has 2 aromatic rings. The van der Waals surface area contributed by atoms with Crippen LogP contribution in [0.3, 0.4) is 0 Å². The third kappa shape index (κ3) is 4.02. The van der Waals surface area contributed by atoms with Gasteiger partial charge in [0, 0.05) is 18.4 Å². The highest BCUT2D eigenvalue weighted by Gasteiger charge is 2.08. The number of anilines is 2. The Labute approximate surface area is 124 Å². The summed E-state index contributed by atoms with van der Waals surface area (Å²) in [6.07, 6.45) is 2.48. The van der Waals surface area contributed by atoms with Gasteiger partial charge in [-0.1, -0.05) is 24.6 Å². The molecule has 0 radical (unpaired) electrons. The first-order valence-electron chi connectivity index (χ1n) is 7.05. The first-order valence-corrected chi connectivity index (χ1v) is 7.05. The fraction of sp³-hybridized carbons (Fsp3) is 0.312. The van der Waals surface area contributed by atoms with Crippen molar-refractivity contribution in [3.8, 4) is 0 Å². The molecule has 0 aliphatic carbocycles. The molecule has 0 aliphatic heterocycles. The Morgan fingerprint density at radius 2 is 2.05 bits per heavy atom. The number of aromatic nitrogens is 2. The Kier molecular flexibility index (Phi) is 4.87. The predicted octanol–water partition coefficient (Wildman–Crippen LogP) is 2.98. The zero-order valence-electron chi connectivity index (χ0n) is 12.6. The number of benzene rings is 1. The van der Waals surface area contributed by atoms with E-state index in [1.807, 2.05) is 32.9 Å². The lowest BCUT2D eigenvalue weighted by atomic mass is 10.1. The Balaban J connectivity index is 2.15. The van der Waals surface area contributed by atoms with E-state index in [2.05, 4.69) is 26.7 Å². The summed E-state index contributed by atoms with van der Waals surface area (Å²) in [5, 5.41) is 5.95. The minimum absolute atomic E-state index is 0.178. The van der Waals surface area contributed by atoms with Crippen LogP contribution in [0.1, 0.15) is 35.0 Å². The van der Waals surface area contributed by atoms with Crippen LogP contribution >= 0.6 is 0 Å². The van der Waals surface area contributed by atoms with Crippen molar-refractivity contribution >= 4 is 17.5 Å². The van der Waals surface area contributed by atoms with Gasteiger partial charge in [-0.25, -0.2) is 9.97 Å². The number of nitrogens with zero attached hydrogens (tertiary/aromatic N) is 2. The monoisotopic (exact) mass is 284 g/mol. The summed E-state index contributed by atoms with van der Waals surface area (Å²) in [7, 11) is 0. The fourth-order valence-corrected chi connectivity index (χ4v) is 1.95. The van der Waals surface area contributed by atoms with Crippen molar-refractivity contribution < 1.29 is 4.79 Å². The third-order valence-electron chi connectivity index (χ3n) is 3.05. The number of aryl methyl sites for hydroxylation is 2. The van der Waals surface area contributed by atoms with Crippen molar-refractivity contribution in [3.63, 3.8) is 0 Å². The largest absolute Gasteiger partial charge is 0.351 e. The Bertz CT molecular complexity index is 640. The van der Waals surface area contributed by atoms with Crippen molar-refractivity contribution in [1.29, 1.82) is 0 Å². The van der Waals surface area contributed by atoms with Gasteiger partial charge in [-0.05, 0) is 38.0 Å². The summed E-state index contributed by atoms with van der Waals surface area (Å²) in [5.41, 5.74) is 3.61. The van der Waals surface area contributed by atoms with Gasteiger partial charge in [0.15, 0.2) is 0 Å². The minimum Gasteiger partial charge on any atom is -0.351 e. The molecule has 0 saturated heterocycles. The van der Waals surface area contributed by atoms with Gasteiger partial charge in [-0.2, -0.15) is 0 Å². The van der Waals surface area contributed by atoms with Gasteiger partial charge in [0.2, 0.25) is 5.95 Å². The van der Waals surface area contributed by atoms with Gasteiger partial charge in [0.05, 0.1) is 0 Å². The maximum absolute atomic E-state index is 11.9. The predicted molar refractivity (Wildman–Crippen MR) is 83.9 cm³/mol. The van der Waals surface area contributed by atoms with Gasteiger partial charge in [-0.15, -0.1) is 0 Å². The van der Waals surface area contributed by atoms with Gasteiger partial charge in [0.1, 0.15) is 5.69 Å². The van der Waals surface area contributed by atoms with Crippen LogP contribution in [-0.4, -0.2) is 22.4 Å². The van der Waals surface area contributed by atoms with E-state index in [4.69, 9.17) is 0 Å².